The molecule has 2 amide bonds. The van der Waals surface area contributed by atoms with Gasteiger partial charge < -0.3 is 10.6 Å². The second-order valence-corrected chi connectivity index (χ2v) is 8.15. The van der Waals surface area contributed by atoms with Gasteiger partial charge in [-0.3, -0.25) is 14.6 Å². The molecule has 4 aromatic rings. The fourth-order valence-electron chi connectivity index (χ4n) is 3.71. The number of alkyl halides is 3. The molecule has 1 aromatic heterocycles. The van der Waals surface area contributed by atoms with E-state index < -0.39 is 17.6 Å². The number of carbonyl (C=O) groups excluding carboxylic acids is 2. The predicted molar refractivity (Wildman–Crippen MR) is 133 cm³/mol. The summed E-state index contributed by atoms with van der Waals surface area (Å²) in [4.78, 5) is 29.5. The van der Waals surface area contributed by atoms with Crippen molar-refractivity contribution in [1.82, 2.24) is 4.98 Å². The number of hydrogen-bond donors (Lipinski definition) is 2. The number of anilines is 2. The number of nitrogens with zero attached hydrogens (tertiary/aromatic N) is 1. The normalized spacial score (nSPS) is 11.1. The minimum atomic E-state index is -4.43. The molecule has 0 atom stereocenters. The quantitative estimate of drug-likeness (QED) is 0.324. The van der Waals surface area contributed by atoms with Crippen LogP contribution in [0.2, 0.25) is 0 Å². The highest BCUT2D eigenvalue weighted by atomic mass is 19.4. The van der Waals surface area contributed by atoms with Crippen molar-refractivity contribution in [2.45, 2.75) is 19.5 Å². The van der Waals surface area contributed by atoms with Gasteiger partial charge in [-0.05, 0) is 72.1 Å². The van der Waals surface area contributed by atoms with E-state index in [0.717, 1.165) is 17.7 Å². The second kappa shape index (κ2) is 10.4. The van der Waals surface area contributed by atoms with Gasteiger partial charge in [-0.15, -0.1) is 0 Å². The molecule has 182 valence electrons. The zero-order valence-electron chi connectivity index (χ0n) is 19.3. The van der Waals surface area contributed by atoms with Gasteiger partial charge in [0.2, 0.25) is 5.91 Å². The first-order valence-corrected chi connectivity index (χ1v) is 11.1. The third-order valence-corrected chi connectivity index (χ3v) is 5.52. The molecule has 0 bridgehead atoms. The van der Waals surface area contributed by atoms with E-state index in [2.05, 4.69) is 15.6 Å². The molecule has 36 heavy (non-hydrogen) atoms. The number of benzene rings is 3. The third-order valence-electron chi connectivity index (χ3n) is 5.52. The summed E-state index contributed by atoms with van der Waals surface area (Å²) in [7, 11) is 0. The van der Waals surface area contributed by atoms with Gasteiger partial charge in [-0.2, -0.15) is 13.2 Å². The first kappa shape index (κ1) is 24.7. The van der Waals surface area contributed by atoms with E-state index in [1.165, 1.54) is 12.1 Å². The first-order valence-electron chi connectivity index (χ1n) is 11.1. The summed E-state index contributed by atoms with van der Waals surface area (Å²) >= 11 is 0. The molecule has 0 saturated heterocycles. The monoisotopic (exact) mass is 489 g/mol. The van der Waals surface area contributed by atoms with Crippen molar-refractivity contribution in [2.75, 3.05) is 10.6 Å². The van der Waals surface area contributed by atoms with Crippen molar-refractivity contribution >= 4 is 23.2 Å². The summed E-state index contributed by atoms with van der Waals surface area (Å²) in [5, 5.41) is 5.67. The molecule has 0 spiro atoms. The number of nitrogens with one attached hydrogen (secondary N) is 2. The van der Waals surface area contributed by atoms with E-state index in [9.17, 15) is 22.8 Å². The second-order valence-electron chi connectivity index (χ2n) is 8.15. The fraction of sp³-hybridized carbons (Fsp3) is 0.107. The standard InChI is InChI=1S/C28H22F3N3O2/c1-18-16-22(13-14-25(18)34-26(35)17-21-6-4-5-15-32-21)33-27(36)24-8-3-2-7-23(24)19-9-11-20(12-10-19)28(29,30)31/h2-16H,17H2,1H3,(H,33,36)(H,34,35). The number of halogens is 3. The highest BCUT2D eigenvalue weighted by molar-refractivity contribution is 6.09. The van der Waals surface area contributed by atoms with Gasteiger partial charge >= 0.3 is 6.18 Å². The van der Waals surface area contributed by atoms with Gasteiger partial charge in [0.05, 0.1) is 12.0 Å². The molecule has 0 radical (unpaired) electrons. The van der Waals surface area contributed by atoms with Crippen molar-refractivity contribution in [3.05, 3.63) is 114 Å². The first-order chi connectivity index (χ1) is 17.2. The van der Waals surface area contributed by atoms with Crippen molar-refractivity contribution in [3.8, 4) is 11.1 Å². The van der Waals surface area contributed by atoms with E-state index in [0.29, 0.717) is 33.8 Å². The molecule has 0 unspecified atom stereocenters. The molecule has 0 aliphatic heterocycles. The van der Waals surface area contributed by atoms with Gasteiger partial charge in [0, 0.05) is 28.8 Å². The zero-order valence-corrected chi connectivity index (χ0v) is 19.3. The topological polar surface area (TPSA) is 71.1 Å². The van der Waals surface area contributed by atoms with Crippen LogP contribution in [0.1, 0.15) is 27.2 Å². The number of pyridine rings is 1. The maximum Gasteiger partial charge on any atom is 0.416 e. The number of aryl methyl sites for hydroxylation is 1. The number of carbonyl (C=O) groups is 2. The molecule has 0 aliphatic carbocycles. The maximum atomic E-state index is 13.0. The Bertz CT molecular complexity index is 1390. The van der Waals surface area contributed by atoms with Crippen LogP contribution in [0.15, 0.2) is 91.1 Å². The van der Waals surface area contributed by atoms with E-state index in [1.807, 2.05) is 13.0 Å². The number of amides is 2. The molecular weight excluding hydrogens is 467 g/mol. The van der Waals surface area contributed by atoms with E-state index in [4.69, 9.17) is 0 Å². The van der Waals surface area contributed by atoms with Crippen LogP contribution < -0.4 is 10.6 Å². The summed E-state index contributed by atoms with van der Waals surface area (Å²) in [5.74, 6) is -0.615. The van der Waals surface area contributed by atoms with Crippen LogP contribution >= 0.6 is 0 Å². The van der Waals surface area contributed by atoms with Crippen LogP contribution in [0.5, 0.6) is 0 Å². The largest absolute Gasteiger partial charge is 0.416 e. The Morgan fingerprint density at radius 2 is 1.58 bits per heavy atom. The summed E-state index contributed by atoms with van der Waals surface area (Å²) in [6.07, 6.45) is -2.67. The highest BCUT2D eigenvalue weighted by Gasteiger charge is 2.30. The van der Waals surface area contributed by atoms with Crippen LogP contribution in [-0.2, 0) is 17.4 Å². The molecule has 0 aliphatic rings. The van der Waals surface area contributed by atoms with Crippen molar-refractivity contribution < 1.29 is 22.8 Å². The molecule has 0 saturated carbocycles. The molecule has 0 fully saturated rings. The van der Waals surface area contributed by atoms with Gasteiger partial charge in [-0.25, -0.2) is 0 Å². The molecule has 3 aromatic carbocycles. The molecule has 4 rings (SSSR count). The lowest BCUT2D eigenvalue weighted by Gasteiger charge is -2.13. The average Bonchev–Trinajstić information content (AvgIpc) is 2.86. The van der Waals surface area contributed by atoms with Crippen LogP contribution in [-0.4, -0.2) is 16.8 Å². The minimum absolute atomic E-state index is 0.138. The Morgan fingerprint density at radius 1 is 0.861 bits per heavy atom. The molecule has 1 heterocycles. The van der Waals surface area contributed by atoms with Crippen molar-refractivity contribution in [2.24, 2.45) is 0 Å². The van der Waals surface area contributed by atoms with Crippen LogP contribution in [0.4, 0.5) is 24.5 Å². The lowest BCUT2D eigenvalue weighted by atomic mass is 9.98. The van der Waals surface area contributed by atoms with E-state index >= 15 is 0 Å². The number of hydrogen-bond acceptors (Lipinski definition) is 3. The Kier molecular flexibility index (Phi) is 7.15. The Morgan fingerprint density at radius 3 is 2.25 bits per heavy atom. The fourth-order valence-corrected chi connectivity index (χ4v) is 3.71. The minimum Gasteiger partial charge on any atom is -0.326 e. The number of aromatic nitrogens is 1. The zero-order chi connectivity index (χ0) is 25.7. The predicted octanol–water partition coefficient (Wildman–Crippen LogP) is 6.51. The highest BCUT2D eigenvalue weighted by Crippen LogP contribution is 2.32. The Labute approximate surface area is 206 Å². The average molecular weight is 489 g/mol. The Hall–Kier alpha value is -4.46. The maximum absolute atomic E-state index is 13.0. The lowest BCUT2D eigenvalue weighted by molar-refractivity contribution is -0.137. The molecular formula is C28H22F3N3O2. The third kappa shape index (κ3) is 5.96. The SMILES string of the molecule is Cc1cc(NC(=O)c2ccccc2-c2ccc(C(F)(F)F)cc2)ccc1NC(=O)Cc1ccccn1. The molecule has 2 N–H and O–H groups in total. The van der Waals surface area contributed by atoms with E-state index in [-0.39, 0.29) is 12.3 Å². The van der Waals surface area contributed by atoms with Gasteiger partial charge in [0.25, 0.3) is 5.91 Å². The summed E-state index contributed by atoms with van der Waals surface area (Å²) in [6, 6.07) is 21.8. The Balaban J connectivity index is 1.47. The summed E-state index contributed by atoms with van der Waals surface area (Å²) in [6.45, 7) is 1.81. The van der Waals surface area contributed by atoms with Crippen molar-refractivity contribution in [3.63, 3.8) is 0 Å². The van der Waals surface area contributed by atoms with E-state index in [1.54, 1.807) is 60.8 Å². The molecule has 8 heteroatoms. The molecule has 5 nitrogen and oxygen atoms in total. The van der Waals surface area contributed by atoms with Gasteiger partial charge in [0.1, 0.15) is 0 Å². The number of rotatable bonds is 6. The van der Waals surface area contributed by atoms with Crippen LogP contribution in [0.25, 0.3) is 11.1 Å². The van der Waals surface area contributed by atoms with Crippen LogP contribution in [0, 0.1) is 6.92 Å². The van der Waals surface area contributed by atoms with Crippen molar-refractivity contribution in [1.29, 1.82) is 0 Å². The summed E-state index contributed by atoms with van der Waals surface area (Å²) in [5.41, 5.74) is 3.11. The van der Waals surface area contributed by atoms with Gasteiger partial charge in [0.15, 0.2) is 0 Å². The van der Waals surface area contributed by atoms with Crippen LogP contribution in [0.3, 0.4) is 0 Å². The lowest BCUT2D eigenvalue weighted by Crippen LogP contribution is -2.16. The smallest absolute Gasteiger partial charge is 0.326 e. The summed E-state index contributed by atoms with van der Waals surface area (Å²) < 4.78 is 38.7. The van der Waals surface area contributed by atoms with Gasteiger partial charge in [-0.1, -0.05) is 36.4 Å².